The van der Waals surface area contributed by atoms with Gasteiger partial charge < -0.3 is 10.2 Å². The minimum atomic E-state index is -0.343. The number of rotatable bonds is 5. The average molecular weight is 375 g/mol. The summed E-state index contributed by atoms with van der Waals surface area (Å²) in [5.74, 6) is 0.849. The number of aromatic nitrogens is 2. The zero-order valence-corrected chi connectivity index (χ0v) is 15.2. The third-order valence-corrected chi connectivity index (χ3v) is 4.48. The summed E-state index contributed by atoms with van der Waals surface area (Å²) in [6, 6.07) is 20.6. The van der Waals surface area contributed by atoms with Crippen LogP contribution in [-0.2, 0) is 6.54 Å². The Bertz CT molecular complexity index is 1170. The number of benzene rings is 3. The molecule has 0 aliphatic carbocycles. The zero-order valence-electron chi connectivity index (χ0n) is 15.2. The van der Waals surface area contributed by atoms with Crippen LogP contribution in [0.1, 0.15) is 5.56 Å². The summed E-state index contributed by atoms with van der Waals surface area (Å²) < 4.78 is 19.9. The monoisotopic (exact) mass is 375 g/mol. The molecule has 1 N–H and O–H groups in total. The molecule has 28 heavy (non-hydrogen) atoms. The first-order valence-corrected chi connectivity index (χ1v) is 8.80. The lowest BCUT2D eigenvalue weighted by Gasteiger charge is -2.16. The highest BCUT2D eigenvalue weighted by Crippen LogP contribution is 2.19. The molecule has 4 aromatic rings. The second kappa shape index (κ2) is 7.52. The molecule has 0 bridgehead atoms. The first kappa shape index (κ1) is 17.7. The third kappa shape index (κ3) is 3.44. The van der Waals surface area contributed by atoms with Gasteiger partial charge in [0.05, 0.1) is 24.6 Å². The molecule has 0 radical (unpaired) electrons. The van der Waals surface area contributed by atoms with Gasteiger partial charge >= 0.3 is 0 Å². The molecular weight excluding hydrogens is 357 g/mol. The second-order valence-electron chi connectivity index (χ2n) is 6.28. The van der Waals surface area contributed by atoms with Crippen LogP contribution in [0, 0.1) is 5.82 Å². The van der Waals surface area contributed by atoms with Gasteiger partial charge in [-0.2, -0.15) is 0 Å². The van der Waals surface area contributed by atoms with Gasteiger partial charge in [0.1, 0.15) is 11.6 Å². The highest BCUT2D eigenvalue weighted by atomic mass is 19.1. The Morgan fingerprint density at radius 1 is 1.00 bits per heavy atom. The maximum Gasteiger partial charge on any atom is 0.280 e. The molecule has 140 valence electrons. The molecule has 3 aromatic carbocycles. The van der Waals surface area contributed by atoms with Gasteiger partial charge in [-0.25, -0.2) is 14.1 Å². The van der Waals surface area contributed by atoms with Gasteiger partial charge in [-0.1, -0.05) is 24.3 Å². The van der Waals surface area contributed by atoms with Crippen molar-refractivity contribution in [1.82, 2.24) is 9.66 Å². The summed E-state index contributed by atoms with van der Waals surface area (Å²) in [6.07, 6.45) is 0. The SMILES string of the molecule is COc1ccc(CNn2c(-c3ccc(F)cc3)nc3ccccc3c2=O)cc1. The minimum Gasteiger partial charge on any atom is -0.497 e. The van der Waals surface area contributed by atoms with Crippen LogP contribution < -0.4 is 15.7 Å². The highest BCUT2D eigenvalue weighted by molar-refractivity contribution is 5.79. The van der Waals surface area contributed by atoms with Gasteiger partial charge in [-0.05, 0) is 54.1 Å². The number of fused-ring (bicyclic) bond motifs is 1. The summed E-state index contributed by atoms with van der Waals surface area (Å²) in [4.78, 5) is 17.7. The van der Waals surface area contributed by atoms with E-state index >= 15 is 0 Å². The van der Waals surface area contributed by atoms with Crippen molar-refractivity contribution in [2.75, 3.05) is 12.5 Å². The van der Waals surface area contributed by atoms with E-state index in [0.29, 0.717) is 28.8 Å². The highest BCUT2D eigenvalue weighted by Gasteiger charge is 2.13. The summed E-state index contributed by atoms with van der Waals surface area (Å²) in [7, 11) is 1.61. The lowest BCUT2D eigenvalue weighted by molar-refractivity contribution is 0.414. The summed E-state index contributed by atoms with van der Waals surface area (Å²) >= 11 is 0. The molecule has 1 heterocycles. The topological polar surface area (TPSA) is 56.1 Å². The van der Waals surface area contributed by atoms with E-state index in [2.05, 4.69) is 10.4 Å². The maximum absolute atomic E-state index is 13.4. The molecule has 0 aliphatic rings. The van der Waals surface area contributed by atoms with Gasteiger partial charge in [0.2, 0.25) is 0 Å². The molecule has 0 saturated heterocycles. The van der Waals surface area contributed by atoms with Crippen LogP contribution in [0.5, 0.6) is 5.75 Å². The smallest absolute Gasteiger partial charge is 0.280 e. The Balaban J connectivity index is 1.77. The molecule has 0 amide bonds. The largest absolute Gasteiger partial charge is 0.497 e. The van der Waals surface area contributed by atoms with Gasteiger partial charge in [0.25, 0.3) is 5.56 Å². The number of nitrogens with one attached hydrogen (secondary N) is 1. The van der Waals surface area contributed by atoms with E-state index < -0.39 is 0 Å². The number of para-hydroxylation sites is 1. The number of halogens is 1. The number of nitrogens with zero attached hydrogens (tertiary/aromatic N) is 2. The van der Waals surface area contributed by atoms with E-state index in [1.54, 1.807) is 37.4 Å². The van der Waals surface area contributed by atoms with E-state index in [1.165, 1.54) is 16.8 Å². The van der Waals surface area contributed by atoms with Gasteiger partial charge in [-0.3, -0.25) is 4.79 Å². The van der Waals surface area contributed by atoms with E-state index in [1.807, 2.05) is 30.3 Å². The molecule has 4 rings (SSSR count). The van der Waals surface area contributed by atoms with Crippen LogP contribution in [-0.4, -0.2) is 16.8 Å². The number of ether oxygens (including phenoxy) is 1. The summed E-state index contributed by atoms with van der Waals surface area (Å²) in [6.45, 7) is 0.415. The molecule has 0 saturated carbocycles. The van der Waals surface area contributed by atoms with Crippen LogP contribution in [0.4, 0.5) is 4.39 Å². The standard InChI is InChI=1S/C22H18FN3O2/c1-28-18-12-6-15(7-13-18)14-24-26-21(16-8-10-17(23)11-9-16)25-20-5-3-2-4-19(20)22(26)27/h2-13,24H,14H2,1H3. The average Bonchev–Trinajstić information content (AvgIpc) is 2.74. The Kier molecular flexibility index (Phi) is 4.76. The summed E-state index contributed by atoms with van der Waals surface area (Å²) in [5.41, 5.74) is 5.15. The molecule has 6 heteroatoms. The van der Waals surface area contributed by atoms with E-state index in [-0.39, 0.29) is 11.4 Å². The Morgan fingerprint density at radius 3 is 2.43 bits per heavy atom. The number of methoxy groups -OCH3 is 1. The van der Waals surface area contributed by atoms with Crippen LogP contribution in [0.25, 0.3) is 22.3 Å². The molecular formula is C22H18FN3O2. The molecule has 0 atom stereocenters. The van der Waals surface area contributed by atoms with E-state index in [9.17, 15) is 9.18 Å². The van der Waals surface area contributed by atoms with Gasteiger partial charge in [-0.15, -0.1) is 0 Å². The van der Waals surface area contributed by atoms with Crippen LogP contribution in [0.2, 0.25) is 0 Å². The molecule has 0 unspecified atom stereocenters. The second-order valence-corrected chi connectivity index (χ2v) is 6.28. The van der Waals surface area contributed by atoms with Crippen molar-refractivity contribution in [1.29, 1.82) is 0 Å². The molecule has 1 aromatic heterocycles. The van der Waals surface area contributed by atoms with Crippen molar-refractivity contribution in [2.45, 2.75) is 6.54 Å². The molecule has 0 fully saturated rings. The third-order valence-electron chi connectivity index (χ3n) is 4.48. The van der Waals surface area contributed by atoms with Crippen molar-refractivity contribution >= 4 is 10.9 Å². The normalized spacial score (nSPS) is 10.8. The zero-order chi connectivity index (χ0) is 19.5. The van der Waals surface area contributed by atoms with E-state index in [0.717, 1.165) is 11.3 Å². The number of hydrogen-bond acceptors (Lipinski definition) is 4. The van der Waals surface area contributed by atoms with Crippen LogP contribution >= 0.6 is 0 Å². The van der Waals surface area contributed by atoms with Crippen molar-refractivity contribution in [2.24, 2.45) is 0 Å². The number of hydrogen-bond donors (Lipinski definition) is 1. The quantitative estimate of drug-likeness (QED) is 0.574. The lowest BCUT2D eigenvalue weighted by Crippen LogP contribution is -2.31. The van der Waals surface area contributed by atoms with Crippen molar-refractivity contribution in [3.63, 3.8) is 0 Å². The summed E-state index contributed by atoms with van der Waals surface area (Å²) in [5, 5.41) is 0.510. The Morgan fingerprint density at radius 2 is 1.71 bits per heavy atom. The van der Waals surface area contributed by atoms with E-state index in [4.69, 9.17) is 4.74 Å². The lowest BCUT2D eigenvalue weighted by atomic mass is 10.2. The first-order valence-electron chi connectivity index (χ1n) is 8.80. The fourth-order valence-electron chi connectivity index (χ4n) is 2.99. The molecule has 0 aliphatic heterocycles. The predicted octanol–water partition coefficient (Wildman–Crippen LogP) is 3.95. The molecule has 5 nitrogen and oxygen atoms in total. The minimum absolute atomic E-state index is 0.210. The van der Waals surface area contributed by atoms with Crippen LogP contribution in [0.15, 0.2) is 77.6 Å². The van der Waals surface area contributed by atoms with Crippen LogP contribution in [0.3, 0.4) is 0 Å². The maximum atomic E-state index is 13.4. The Hall–Kier alpha value is -3.67. The van der Waals surface area contributed by atoms with Gasteiger partial charge in [0.15, 0.2) is 5.82 Å². The van der Waals surface area contributed by atoms with Gasteiger partial charge in [0, 0.05) is 5.56 Å². The van der Waals surface area contributed by atoms with Crippen molar-refractivity contribution in [3.05, 3.63) is 94.5 Å². The molecule has 0 spiro atoms. The predicted molar refractivity (Wildman–Crippen MR) is 107 cm³/mol. The fourth-order valence-corrected chi connectivity index (χ4v) is 2.99. The first-order chi connectivity index (χ1) is 13.7. The fraction of sp³-hybridized carbons (Fsp3) is 0.0909. The van der Waals surface area contributed by atoms with Crippen molar-refractivity contribution < 1.29 is 9.13 Å². The van der Waals surface area contributed by atoms with Crippen molar-refractivity contribution in [3.8, 4) is 17.1 Å². The Labute approximate surface area is 161 Å².